The van der Waals surface area contributed by atoms with E-state index in [1.807, 2.05) is 27.7 Å². The van der Waals surface area contributed by atoms with Crippen LogP contribution in [0.25, 0.3) is 0 Å². The number of hydrogen-bond acceptors (Lipinski definition) is 5. The summed E-state index contributed by atoms with van der Waals surface area (Å²) in [5, 5.41) is 2.82. The van der Waals surface area contributed by atoms with Crippen molar-refractivity contribution < 1.29 is 22.7 Å². The Kier molecular flexibility index (Phi) is 8.56. The molecule has 8 nitrogen and oxygen atoms in total. The molecule has 190 valence electrons. The molecule has 1 heterocycles. The molecule has 1 unspecified atom stereocenters. The van der Waals surface area contributed by atoms with Gasteiger partial charge in [0.15, 0.2) is 0 Å². The minimum absolute atomic E-state index is 0.115. The Hall–Kier alpha value is -2.91. The average molecular weight is 502 g/mol. The van der Waals surface area contributed by atoms with Gasteiger partial charge in [0.1, 0.15) is 5.75 Å². The normalized spacial score (nSPS) is 16.4. The fourth-order valence-corrected chi connectivity index (χ4v) is 5.85. The zero-order valence-electron chi connectivity index (χ0n) is 21.0. The first-order valence-corrected chi connectivity index (χ1v) is 13.3. The van der Waals surface area contributed by atoms with Gasteiger partial charge in [-0.25, -0.2) is 8.42 Å². The number of amides is 2. The van der Waals surface area contributed by atoms with Crippen LogP contribution in [0.3, 0.4) is 0 Å². The Bertz CT molecular complexity index is 1120. The molecule has 1 N–H and O–H groups in total. The van der Waals surface area contributed by atoms with Crippen molar-refractivity contribution >= 4 is 33.2 Å². The van der Waals surface area contributed by atoms with Gasteiger partial charge in [0.05, 0.1) is 17.9 Å². The Morgan fingerprint density at radius 1 is 1.03 bits per heavy atom. The van der Waals surface area contributed by atoms with Crippen LogP contribution in [0.5, 0.6) is 5.75 Å². The van der Waals surface area contributed by atoms with Gasteiger partial charge in [0, 0.05) is 37.4 Å². The number of nitrogens with zero attached hydrogens (tertiary/aromatic N) is 2. The van der Waals surface area contributed by atoms with E-state index in [2.05, 4.69) is 5.32 Å². The van der Waals surface area contributed by atoms with E-state index < -0.39 is 15.9 Å². The molecule has 1 atom stereocenters. The van der Waals surface area contributed by atoms with Gasteiger partial charge < -0.3 is 15.0 Å². The predicted octanol–water partition coefficient (Wildman–Crippen LogP) is 3.99. The summed E-state index contributed by atoms with van der Waals surface area (Å²) in [7, 11) is -2.07. The van der Waals surface area contributed by atoms with Crippen LogP contribution >= 0.6 is 0 Å². The number of carbonyl (C=O) groups excluding carboxylic acids is 2. The molecule has 9 heteroatoms. The van der Waals surface area contributed by atoms with Crippen molar-refractivity contribution in [2.24, 2.45) is 17.8 Å². The molecule has 0 radical (unpaired) electrons. The number of hydrogen-bond donors (Lipinski definition) is 1. The number of sulfonamides is 1. The Labute approximate surface area is 208 Å². The zero-order valence-corrected chi connectivity index (χ0v) is 21.8. The third-order valence-corrected chi connectivity index (χ3v) is 7.62. The number of ether oxygens (including phenoxy) is 1. The number of methoxy groups -OCH3 is 1. The highest BCUT2D eigenvalue weighted by molar-refractivity contribution is 7.89. The molecule has 3 rings (SSSR count). The summed E-state index contributed by atoms with van der Waals surface area (Å²) in [6.07, 6.45) is 0.115. The number of rotatable bonds is 10. The average Bonchev–Trinajstić information content (AvgIpc) is 3.20. The van der Waals surface area contributed by atoms with Gasteiger partial charge in [-0.2, -0.15) is 4.31 Å². The van der Waals surface area contributed by atoms with Crippen LogP contribution < -0.4 is 15.0 Å². The van der Waals surface area contributed by atoms with Crippen molar-refractivity contribution in [3.63, 3.8) is 0 Å². The Morgan fingerprint density at radius 2 is 1.60 bits per heavy atom. The standard InChI is InChI=1S/C26H35N3O5S/c1-18(2)15-28(16-19(3)4)35(32,33)24-12-6-21(7-13-24)27-26(31)20-14-25(30)29(17-20)22-8-10-23(34-5)11-9-22/h6-13,18-20H,14-17H2,1-5H3,(H,27,31). The van der Waals surface area contributed by atoms with Crippen molar-refractivity contribution in [1.82, 2.24) is 4.31 Å². The zero-order chi connectivity index (χ0) is 25.8. The first-order chi connectivity index (χ1) is 16.5. The molecular weight excluding hydrogens is 466 g/mol. The second-order valence-corrected chi connectivity index (χ2v) is 11.7. The summed E-state index contributed by atoms with van der Waals surface area (Å²) >= 11 is 0. The second-order valence-electron chi connectivity index (χ2n) is 9.73. The Morgan fingerprint density at radius 3 is 2.11 bits per heavy atom. The maximum atomic E-state index is 13.2. The molecule has 1 fully saturated rings. The van der Waals surface area contributed by atoms with Crippen LogP contribution in [0.2, 0.25) is 0 Å². The van der Waals surface area contributed by atoms with Crippen LogP contribution in [0.1, 0.15) is 34.1 Å². The van der Waals surface area contributed by atoms with Gasteiger partial charge in [0.2, 0.25) is 21.8 Å². The van der Waals surface area contributed by atoms with Crippen molar-refractivity contribution in [2.45, 2.75) is 39.0 Å². The van der Waals surface area contributed by atoms with E-state index in [0.29, 0.717) is 30.2 Å². The van der Waals surface area contributed by atoms with E-state index in [0.717, 1.165) is 0 Å². The third-order valence-electron chi connectivity index (χ3n) is 5.78. The number of nitrogens with one attached hydrogen (secondary N) is 1. The van der Waals surface area contributed by atoms with Crippen molar-refractivity contribution in [3.05, 3.63) is 48.5 Å². The van der Waals surface area contributed by atoms with E-state index in [-0.39, 0.29) is 41.5 Å². The molecule has 0 aliphatic carbocycles. The minimum Gasteiger partial charge on any atom is -0.497 e. The maximum absolute atomic E-state index is 13.2. The monoisotopic (exact) mass is 501 g/mol. The second kappa shape index (κ2) is 11.2. The highest BCUT2D eigenvalue weighted by Gasteiger charge is 2.35. The maximum Gasteiger partial charge on any atom is 0.243 e. The lowest BCUT2D eigenvalue weighted by molar-refractivity contribution is -0.122. The minimum atomic E-state index is -3.64. The molecule has 1 saturated heterocycles. The summed E-state index contributed by atoms with van der Waals surface area (Å²) in [5.41, 5.74) is 1.21. The van der Waals surface area contributed by atoms with Gasteiger partial charge in [-0.3, -0.25) is 9.59 Å². The molecule has 1 aliphatic heterocycles. The van der Waals surface area contributed by atoms with Gasteiger partial charge in [-0.05, 0) is 60.4 Å². The van der Waals surface area contributed by atoms with E-state index in [9.17, 15) is 18.0 Å². The van der Waals surface area contributed by atoms with E-state index >= 15 is 0 Å². The summed E-state index contributed by atoms with van der Waals surface area (Å²) in [6, 6.07) is 13.3. The van der Waals surface area contributed by atoms with Crippen molar-refractivity contribution in [1.29, 1.82) is 0 Å². The van der Waals surface area contributed by atoms with Crippen LogP contribution in [0, 0.1) is 17.8 Å². The molecule has 0 aromatic heterocycles. The molecule has 0 saturated carbocycles. The van der Waals surface area contributed by atoms with Crippen LogP contribution in [-0.4, -0.2) is 51.3 Å². The smallest absolute Gasteiger partial charge is 0.243 e. The van der Waals surface area contributed by atoms with E-state index in [1.165, 1.54) is 16.4 Å². The molecule has 2 aromatic carbocycles. The van der Waals surface area contributed by atoms with Crippen LogP contribution in [0.15, 0.2) is 53.4 Å². The molecule has 0 spiro atoms. The van der Waals surface area contributed by atoms with Gasteiger partial charge >= 0.3 is 0 Å². The topological polar surface area (TPSA) is 96.0 Å². The third kappa shape index (κ3) is 6.61. The molecular formula is C26H35N3O5S. The van der Waals surface area contributed by atoms with Gasteiger partial charge in [0.25, 0.3) is 0 Å². The lowest BCUT2D eigenvalue weighted by Gasteiger charge is -2.25. The fourth-order valence-electron chi connectivity index (χ4n) is 4.08. The predicted molar refractivity (Wildman–Crippen MR) is 137 cm³/mol. The first kappa shape index (κ1) is 26.7. The summed E-state index contributed by atoms with van der Waals surface area (Å²) in [5.74, 6) is 0.206. The van der Waals surface area contributed by atoms with E-state index in [4.69, 9.17) is 4.74 Å². The summed E-state index contributed by atoms with van der Waals surface area (Å²) in [6.45, 7) is 9.13. The quantitative estimate of drug-likeness (QED) is 0.531. The SMILES string of the molecule is COc1ccc(N2CC(C(=O)Nc3ccc(S(=O)(=O)N(CC(C)C)CC(C)C)cc3)CC2=O)cc1. The van der Waals surface area contributed by atoms with Crippen molar-refractivity contribution in [2.75, 3.05) is 37.0 Å². The highest BCUT2D eigenvalue weighted by atomic mass is 32.2. The van der Waals surface area contributed by atoms with E-state index in [1.54, 1.807) is 48.4 Å². The number of anilines is 2. The fraction of sp³-hybridized carbons (Fsp3) is 0.462. The van der Waals surface area contributed by atoms with Crippen LogP contribution in [-0.2, 0) is 19.6 Å². The first-order valence-electron chi connectivity index (χ1n) is 11.9. The molecule has 0 bridgehead atoms. The number of carbonyl (C=O) groups is 2. The molecule has 2 aromatic rings. The molecule has 2 amide bonds. The van der Waals surface area contributed by atoms with Gasteiger partial charge in [-0.15, -0.1) is 0 Å². The molecule has 1 aliphatic rings. The summed E-state index contributed by atoms with van der Waals surface area (Å²) < 4.78 is 33.0. The largest absolute Gasteiger partial charge is 0.497 e. The van der Waals surface area contributed by atoms with Gasteiger partial charge in [-0.1, -0.05) is 27.7 Å². The summed E-state index contributed by atoms with van der Waals surface area (Å²) in [4.78, 5) is 27.1. The van der Waals surface area contributed by atoms with Crippen LogP contribution in [0.4, 0.5) is 11.4 Å². The van der Waals surface area contributed by atoms with Crippen molar-refractivity contribution in [3.8, 4) is 5.75 Å². The lowest BCUT2D eigenvalue weighted by atomic mass is 10.1. The lowest BCUT2D eigenvalue weighted by Crippen LogP contribution is -2.37. The molecule has 35 heavy (non-hydrogen) atoms. The number of benzene rings is 2. The Balaban J connectivity index is 1.67. The highest BCUT2D eigenvalue weighted by Crippen LogP contribution is 2.28.